The van der Waals surface area contributed by atoms with Crippen molar-refractivity contribution >= 4 is 29.3 Å². The zero-order chi connectivity index (χ0) is 17.5. The SMILES string of the molecule is CSCC(NC(=O)c1ccc(F)c(NC(C)=O)c1)c1ccccc1. The lowest BCUT2D eigenvalue weighted by molar-refractivity contribution is -0.114. The van der Waals surface area contributed by atoms with Gasteiger partial charge in [0, 0.05) is 18.2 Å². The molecule has 0 fully saturated rings. The van der Waals surface area contributed by atoms with E-state index in [1.54, 1.807) is 11.8 Å². The molecule has 0 spiro atoms. The summed E-state index contributed by atoms with van der Waals surface area (Å²) in [7, 11) is 0. The average Bonchev–Trinajstić information content (AvgIpc) is 2.56. The standard InChI is InChI=1S/C18H19FN2O2S/c1-12(22)20-16-10-14(8-9-15(16)19)18(23)21-17(11-24-2)13-6-4-3-5-7-13/h3-10,17H,11H2,1-2H3,(H,20,22)(H,21,23). The minimum atomic E-state index is -0.578. The zero-order valence-electron chi connectivity index (χ0n) is 13.5. The maximum Gasteiger partial charge on any atom is 0.251 e. The van der Waals surface area contributed by atoms with E-state index in [2.05, 4.69) is 10.6 Å². The van der Waals surface area contributed by atoms with Gasteiger partial charge in [-0.05, 0) is 30.0 Å². The molecule has 2 aromatic rings. The number of anilines is 1. The number of thioether (sulfide) groups is 1. The normalized spacial score (nSPS) is 11.6. The van der Waals surface area contributed by atoms with Crippen LogP contribution >= 0.6 is 11.8 Å². The van der Waals surface area contributed by atoms with Crippen LogP contribution in [0.2, 0.25) is 0 Å². The van der Waals surface area contributed by atoms with Crippen molar-refractivity contribution in [1.29, 1.82) is 0 Å². The summed E-state index contributed by atoms with van der Waals surface area (Å²) in [5.41, 5.74) is 1.29. The Balaban J connectivity index is 2.19. The molecule has 126 valence electrons. The van der Waals surface area contributed by atoms with Gasteiger partial charge in [0.1, 0.15) is 5.82 Å². The highest BCUT2D eigenvalue weighted by Gasteiger charge is 2.16. The second-order valence-electron chi connectivity index (χ2n) is 5.27. The van der Waals surface area contributed by atoms with Gasteiger partial charge in [0.25, 0.3) is 5.91 Å². The lowest BCUT2D eigenvalue weighted by Gasteiger charge is -2.18. The number of halogens is 1. The number of carbonyl (C=O) groups excluding carboxylic acids is 2. The van der Waals surface area contributed by atoms with E-state index in [0.29, 0.717) is 5.56 Å². The van der Waals surface area contributed by atoms with Gasteiger partial charge in [-0.1, -0.05) is 30.3 Å². The Morgan fingerprint density at radius 3 is 2.50 bits per heavy atom. The van der Waals surface area contributed by atoms with Gasteiger partial charge >= 0.3 is 0 Å². The average molecular weight is 346 g/mol. The van der Waals surface area contributed by atoms with Crippen LogP contribution in [0.3, 0.4) is 0 Å². The van der Waals surface area contributed by atoms with E-state index < -0.39 is 11.7 Å². The fourth-order valence-electron chi connectivity index (χ4n) is 2.27. The molecule has 0 saturated carbocycles. The van der Waals surface area contributed by atoms with Crippen LogP contribution in [-0.4, -0.2) is 23.8 Å². The monoisotopic (exact) mass is 346 g/mol. The van der Waals surface area contributed by atoms with Crippen LogP contribution in [0, 0.1) is 5.82 Å². The Labute approximate surface area is 144 Å². The second-order valence-corrected chi connectivity index (χ2v) is 6.18. The summed E-state index contributed by atoms with van der Waals surface area (Å²) < 4.78 is 13.7. The number of hydrogen-bond acceptors (Lipinski definition) is 3. The lowest BCUT2D eigenvalue weighted by atomic mass is 10.1. The molecule has 0 heterocycles. The highest BCUT2D eigenvalue weighted by molar-refractivity contribution is 7.98. The molecule has 1 unspecified atom stereocenters. The smallest absolute Gasteiger partial charge is 0.251 e. The van der Waals surface area contributed by atoms with Crippen LogP contribution in [0.25, 0.3) is 0 Å². The summed E-state index contributed by atoms with van der Waals surface area (Å²) in [5.74, 6) is -0.568. The van der Waals surface area contributed by atoms with E-state index in [-0.39, 0.29) is 17.6 Å². The van der Waals surface area contributed by atoms with Crippen molar-refractivity contribution in [2.75, 3.05) is 17.3 Å². The maximum absolute atomic E-state index is 13.7. The highest BCUT2D eigenvalue weighted by Crippen LogP contribution is 2.20. The molecule has 0 aromatic heterocycles. The van der Waals surface area contributed by atoms with E-state index in [4.69, 9.17) is 0 Å². The molecule has 6 heteroatoms. The Morgan fingerprint density at radius 2 is 1.88 bits per heavy atom. The molecular formula is C18H19FN2O2S. The number of nitrogens with one attached hydrogen (secondary N) is 2. The van der Waals surface area contributed by atoms with E-state index in [0.717, 1.165) is 11.3 Å². The van der Waals surface area contributed by atoms with E-state index >= 15 is 0 Å². The molecular weight excluding hydrogens is 327 g/mol. The Morgan fingerprint density at radius 1 is 1.17 bits per heavy atom. The van der Waals surface area contributed by atoms with Crippen LogP contribution in [0.15, 0.2) is 48.5 Å². The van der Waals surface area contributed by atoms with Crippen molar-refractivity contribution in [3.63, 3.8) is 0 Å². The van der Waals surface area contributed by atoms with Crippen LogP contribution in [0.1, 0.15) is 28.9 Å². The molecule has 24 heavy (non-hydrogen) atoms. The lowest BCUT2D eigenvalue weighted by Crippen LogP contribution is -2.30. The number of carbonyl (C=O) groups is 2. The topological polar surface area (TPSA) is 58.2 Å². The molecule has 4 nitrogen and oxygen atoms in total. The van der Waals surface area contributed by atoms with Crippen LogP contribution < -0.4 is 10.6 Å². The van der Waals surface area contributed by atoms with Gasteiger partial charge in [-0.25, -0.2) is 4.39 Å². The number of rotatable bonds is 6. The Bertz CT molecular complexity index is 722. The van der Waals surface area contributed by atoms with Crippen molar-refractivity contribution in [1.82, 2.24) is 5.32 Å². The first-order valence-corrected chi connectivity index (χ1v) is 8.82. The largest absolute Gasteiger partial charge is 0.344 e. The minimum absolute atomic E-state index is 0.00345. The first-order valence-electron chi connectivity index (χ1n) is 7.43. The van der Waals surface area contributed by atoms with Gasteiger partial charge in [-0.2, -0.15) is 11.8 Å². The molecule has 0 aliphatic rings. The highest BCUT2D eigenvalue weighted by atomic mass is 32.2. The number of benzene rings is 2. The third-order valence-electron chi connectivity index (χ3n) is 3.38. The van der Waals surface area contributed by atoms with E-state index in [9.17, 15) is 14.0 Å². The van der Waals surface area contributed by atoms with E-state index in [1.807, 2.05) is 36.6 Å². The molecule has 0 aliphatic heterocycles. The third-order valence-corrected chi connectivity index (χ3v) is 4.05. The third kappa shape index (κ3) is 4.83. The van der Waals surface area contributed by atoms with Crippen LogP contribution in [0.4, 0.5) is 10.1 Å². The fraction of sp³-hybridized carbons (Fsp3) is 0.222. The van der Waals surface area contributed by atoms with Gasteiger partial charge in [0.2, 0.25) is 5.91 Å². The van der Waals surface area contributed by atoms with Crippen molar-refractivity contribution in [2.24, 2.45) is 0 Å². The predicted octanol–water partition coefficient (Wildman–Crippen LogP) is 3.62. The first kappa shape index (κ1) is 18.0. The van der Waals surface area contributed by atoms with E-state index in [1.165, 1.54) is 25.1 Å². The molecule has 2 rings (SSSR count). The summed E-state index contributed by atoms with van der Waals surface area (Å²) in [5, 5.41) is 5.34. The summed E-state index contributed by atoms with van der Waals surface area (Å²) in [6, 6.07) is 13.4. The molecule has 2 N–H and O–H groups in total. The maximum atomic E-state index is 13.7. The van der Waals surface area contributed by atoms with Gasteiger partial charge in [-0.15, -0.1) is 0 Å². The molecule has 1 atom stereocenters. The summed E-state index contributed by atoms with van der Waals surface area (Å²) in [6.07, 6.45) is 1.97. The number of amides is 2. The molecule has 2 aromatic carbocycles. The van der Waals surface area contributed by atoms with Crippen molar-refractivity contribution < 1.29 is 14.0 Å². The Hall–Kier alpha value is -2.34. The predicted molar refractivity (Wildman–Crippen MR) is 95.7 cm³/mol. The minimum Gasteiger partial charge on any atom is -0.344 e. The second kappa shape index (κ2) is 8.49. The van der Waals surface area contributed by atoms with Crippen molar-refractivity contribution in [3.05, 3.63) is 65.5 Å². The molecule has 0 bridgehead atoms. The van der Waals surface area contributed by atoms with Crippen molar-refractivity contribution in [2.45, 2.75) is 13.0 Å². The molecule has 0 aliphatic carbocycles. The zero-order valence-corrected chi connectivity index (χ0v) is 14.3. The fourth-order valence-corrected chi connectivity index (χ4v) is 2.88. The Kier molecular flexibility index (Phi) is 6.37. The summed E-state index contributed by atoms with van der Waals surface area (Å²) >= 11 is 1.62. The number of hydrogen-bond donors (Lipinski definition) is 2. The molecule has 0 radical (unpaired) electrons. The summed E-state index contributed by atoms with van der Waals surface area (Å²) in [4.78, 5) is 23.6. The van der Waals surface area contributed by atoms with Gasteiger partial charge < -0.3 is 10.6 Å². The first-order chi connectivity index (χ1) is 11.5. The van der Waals surface area contributed by atoms with Gasteiger partial charge in [-0.3, -0.25) is 9.59 Å². The van der Waals surface area contributed by atoms with Gasteiger partial charge in [0.15, 0.2) is 0 Å². The van der Waals surface area contributed by atoms with Crippen molar-refractivity contribution in [3.8, 4) is 0 Å². The summed E-state index contributed by atoms with van der Waals surface area (Å²) in [6.45, 7) is 1.29. The van der Waals surface area contributed by atoms with Crippen LogP contribution in [0.5, 0.6) is 0 Å². The quantitative estimate of drug-likeness (QED) is 0.840. The van der Waals surface area contributed by atoms with Crippen LogP contribution in [-0.2, 0) is 4.79 Å². The molecule has 2 amide bonds. The van der Waals surface area contributed by atoms with Gasteiger partial charge in [0.05, 0.1) is 11.7 Å². The molecule has 0 saturated heterocycles.